The average Bonchev–Trinajstić information content (AvgIpc) is 2.12. The van der Waals surface area contributed by atoms with Gasteiger partial charge in [-0.25, -0.2) is 4.79 Å². The van der Waals surface area contributed by atoms with Crippen LogP contribution in [0.2, 0.25) is 0 Å². The van der Waals surface area contributed by atoms with Crippen LogP contribution in [0.1, 0.15) is 40.0 Å². The molecule has 0 aliphatic heterocycles. The largest absolute Gasteiger partial charge is 0.446 e. The molecule has 1 rings (SSSR count). The Morgan fingerprint density at radius 3 is 2.79 bits per heavy atom. The Hall–Kier alpha value is -0.730. The third-order valence-electron chi connectivity index (χ3n) is 2.96. The molecule has 1 amide bonds. The summed E-state index contributed by atoms with van der Waals surface area (Å²) in [5.41, 5.74) is 0. The van der Waals surface area contributed by atoms with Crippen LogP contribution in [0.25, 0.3) is 0 Å². The van der Waals surface area contributed by atoms with Gasteiger partial charge in [-0.1, -0.05) is 20.3 Å². The van der Waals surface area contributed by atoms with Gasteiger partial charge < -0.3 is 10.1 Å². The molecule has 1 fully saturated rings. The first-order chi connectivity index (χ1) is 6.63. The van der Waals surface area contributed by atoms with E-state index in [0.717, 1.165) is 6.42 Å². The van der Waals surface area contributed by atoms with Crippen molar-refractivity contribution < 1.29 is 9.53 Å². The average molecular weight is 199 g/mol. The number of alkyl carbamates (subject to hydrolysis) is 1. The Morgan fingerprint density at radius 2 is 2.14 bits per heavy atom. The first-order valence-electron chi connectivity index (χ1n) is 5.58. The molecule has 82 valence electrons. The molecule has 1 saturated carbocycles. The van der Waals surface area contributed by atoms with Crippen LogP contribution in [-0.2, 0) is 4.74 Å². The van der Waals surface area contributed by atoms with E-state index in [-0.39, 0.29) is 12.2 Å². The highest BCUT2D eigenvalue weighted by molar-refractivity contribution is 5.67. The number of hydrogen-bond donors (Lipinski definition) is 1. The molecule has 0 bridgehead atoms. The summed E-state index contributed by atoms with van der Waals surface area (Å²) in [6, 6.07) is 0. The highest BCUT2D eigenvalue weighted by Gasteiger charge is 2.28. The monoisotopic (exact) mass is 199 g/mol. The molecule has 0 saturated heterocycles. The second-order valence-corrected chi connectivity index (χ2v) is 4.37. The fraction of sp³-hybridized carbons (Fsp3) is 0.909. The number of amides is 1. The number of hydrogen-bond acceptors (Lipinski definition) is 2. The van der Waals surface area contributed by atoms with E-state index in [1.807, 2.05) is 6.92 Å². The van der Waals surface area contributed by atoms with Crippen molar-refractivity contribution in [1.82, 2.24) is 5.32 Å². The van der Waals surface area contributed by atoms with Crippen LogP contribution in [0.5, 0.6) is 0 Å². The van der Waals surface area contributed by atoms with E-state index >= 15 is 0 Å². The van der Waals surface area contributed by atoms with Crippen LogP contribution in [0.15, 0.2) is 0 Å². The number of carbonyl (C=O) groups is 1. The van der Waals surface area contributed by atoms with Crippen molar-refractivity contribution >= 4 is 6.09 Å². The number of nitrogens with one attached hydrogen (secondary N) is 1. The van der Waals surface area contributed by atoms with E-state index in [2.05, 4.69) is 19.2 Å². The normalized spacial score (nSPS) is 32.4. The molecular formula is C11H21NO2. The predicted molar refractivity (Wildman–Crippen MR) is 56.1 cm³/mol. The summed E-state index contributed by atoms with van der Waals surface area (Å²) in [7, 11) is 0. The van der Waals surface area contributed by atoms with E-state index in [1.165, 1.54) is 12.8 Å². The summed E-state index contributed by atoms with van der Waals surface area (Å²) in [5.74, 6) is 1.19. The quantitative estimate of drug-likeness (QED) is 0.742. The molecule has 0 aromatic carbocycles. The Morgan fingerprint density at radius 1 is 1.43 bits per heavy atom. The minimum Gasteiger partial charge on any atom is -0.446 e. The Balaban J connectivity index is 2.37. The summed E-state index contributed by atoms with van der Waals surface area (Å²) >= 11 is 0. The fourth-order valence-corrected chi connectivity index (χ4v) is 1.97. The minimum absolute atomic E-state index is 0.116. The van der Waals surface area contributed by atoms with Gasteiger partial charge in [-0.05, 0) is 31.6 Å². The lowest BCUT2D eigenvalue weighted by molar-refractivity contribution is 0.0294. The zero-order valence-electron chi connectivity index (χ0n) is 9.38. The van der Waals surface area contributed by atoms with Gasteiger partial charge in [0.1, 0.15) is 6.10 Å². The molecular weight excluding hydrogens is 178 g/mol. The summed E-state index contributed by atoms with van der Waals surface area (Å²) in [4.78, 5) is 11.2. The Kier molecular flexibility index (Phi) is 4.23. The molecule has 0 heterocycles. The first-order valence-corrected chi connectivity index (χ1v) is 5.58. The summed E-state index contributed by atoms with van der Waals surface area (Å²) in [6.45, 7) is 6.92. The van der Waals surface area contributed by atoms with Crippen molar-refractivity contribution in [3.8, 4) is 0 Å². The predicted octanol–water partition coefficient (Wildman–Crippen LogP) is 2.56. The van der Waals surface area contributed by atoms with Crippen molar-refractivity contribution in [1.29, 1.82) is 0 Å². The lowest BCUT2D eigenvalue weighted by Crippen LogP contribution is -2.35. The number of ether oxygens (including phenoxy) is 1. The van der Waals surface area contributed by atoms with Crippen LogP contribution < -0.4 is 5.32 Å². The van der Waals surface area contributed by atoms with E-state index in [1.54, 1.807) is 0 Å². The van der Waals surface area contributed by atoms with Crippen LogP contribution in [0.4, 0.5) is 4.79 Å². The van der Waals surface area contributed by atoms with Crippen molar-refractivity contribution in [3.63, 3.8) is 0 Å². The van der Waals surface area contributed by atoms with Gasteiger partial charge in [-0.3, -0.25) is 0 Å². The van der Waals surface area contributed by atoms with Crippen LogP contribution >= 0.6 is 0 Å². The van der Waals surface area contributed by atoms with E-state index in [4.69, 9.17) is 4.74 Å². The molecule has 14 heavy (non-hydrogen) atoms. The highest BCUT2D eigenvalue weighted by Crippen LogP contribution is 2.30. The van der Waals surface area contributed by atoms with Gasteiger partial charge >= 0.3 is 6.09 Å². The minimum atomic E-state index is -0.265. The van der Waals surface area contributed by atoms with Gasteiger partial charge in [0.05, 0.1) is 0 Å². The van der Waals surface area contributed by atoms with Gasteiger partial charge in [0.15, 0.2) is 0 Å². The zero-order chi connectivity index (χ0) is 10.6. The number of rotatable bonds is 2. The smallest absolute Gasteiger partial charge is 0.407 e. The molecule has 0 aromatic rings. The third-order valence-corrected chi connectivity index (χ3v) is 2.96. The molecule has 2 unspecified atom stereocenters. The fourth-order valence-electron chi connectivity index (χ4n) is 1.97. The van der Waals surface area contributed by atoms with Crippen molar-refractivity contribution in [2.75, 3.05) is 6.54 Å². The molecule has 0 radical (unpaired) electrons. The standard InChI is InChI=1S/C11H21NO2/c1-4-12-11(13)14-10-7-8(2)5-6-9(10)3/h8-10H,4-7H2,1-3H3,(H,12,13)/t8-,9?,10?/m0/s1. The second kappa shape index (κ2) is 5.23. The molecule has 1 aliphatic rings. The molecule has 3 atom stereocenters. The topological polar surface area (TPSA) is 38.3 Å². The summed E-state index contributed by atoms with van der Waals surface area (Å²) in [5, 5.41) is 2.67. The Bertz CT molecular complexity index is 194. The maximum absolute atomic E-state index is 11.2. The highest BCUT2D eigenvalue weighted by atomic mass is 16.6. The second-order valence-electron chi connectivity index (χ2n) is 4.37. The number of carbonyl (C=O) groups excluding carboxylic acids is 1. The van der Waals surface area contributed by atoms with E-state index in [0.29, 0.717) is 18.4 Å². The summed E-state index contributed by atoms with van der Waals surface area (Å²) < 4.78 is 5.36. The molecule has 3 heteroatoms. The van der Waals surface area contributed by atoms with Gasteiger partial charge in [0.2, 0.25) is 0 Å². The molecule has 0 spiro atoms. The van der Waals surface area contributed by atoms with Crippen LogP contribution in [0, 0.1) is 11.8 Å². The zero-order valence-corrected chi connectivity index (χ0v) is 9.38. The molecule has 1 aliphatic carbocycles. The van der Waals surface area contributed by atoms with Gasteiger partial charge in [-0.15, -0.1) is 0 Å². The summed E-state index contributed by atoms with van der Waals surface area (Å²) in [6.07, 6.45) is 3.30. The SMILES string of the molecule is CCNC(=O)OC1C[C@@H](C)CCC1C. The van der Waals surface area contributed by atoms with Crippen LogP contribution in [-0.4, -0.2) is 18.7 Å². The maximum Gasteiger partial charge on any atom is 0.407 e. The first kappa shape index (κ1) is 11.3. The lowest BCUT2D eigenvalue weighted by Gasteiger charge is -2.32. The third kappa shape index (κ3) is 3.20. The maximum atomic E-state index is 11.2. The van der Waals surface area contributed by atoms with Crippen LogP contribution in [0.3, 0.4) is 0 Å². The molecule has 1 N–H and O–H groups in total. The van der Waals surface area contributed by atoms with Crippen molar-refractivity contribution in [2.45, 2.75) is 46.1 Å². The van der Waals surface area contributed by atoms with Gasteiger partial charge in [0, 0.05) is 6.54 Å². The van der Waals surface area contributed by atoms with E-state index in [9.17, 15) is 4.79 Å². The van der Waals surface area contributed by atoms with Gasteiger partial charge in [-0.2, -0.15) is 0 Å². The van der Waals surface area contributed by atoms with E-state index < -0.39 is 0 Å². The van der Waals surface area contributed by atoms with Crippen molar-refractivity contribution in [3.05, 3.63) is 0 Å². The van der Waals surface area contributed by atoms with Gasteiger partial charge in [0.25, 0.3) is 0 Å². The lowest BCUT2D eigenvalue weighted by atomic mass is 9.82. The molecule has 0 aromatic heterocycles. The van der Waals surface area contributed by atoms with Crippen molar-refractivity contribution in [2.24, 2.45) is 11.8 Å². The molecule has 3 nitrogen and oxygen atoms in total. The Labute approximate surface area is 86.2 Å².